The molecule has 5 heteroatoms. The molecule has 0 fully saturated rings. The number of aryl methyl sites for hydroxylation is 2. The third-order valence-electron chi connectivity index (χ3n) is 3.70. The summed E-state index contributed by atoms with van der Waals surface area (Å²) in [5.74, 6) is -0.208. The molecule has 0 aliphatic carbocycles. The quantitative estimate of drug-likeness (QED) is 0.845. The number of anilines is 1. The van der Waals surface area contributed by atoms with Crippen molar-refractivity contribution < 1.29 is 9.59 Å². The third-order valence-corrected chi connectivity index (χ3v) is 4.23. The average Bonchev–Trinajstić information content (AvgIpc) is 2.53. The fraction of sp³-hybridized carbons (Fsp3) is 0.263. The lowest BCUT2D eigenvalue weighted by Gasteiger charge is -2.18. The van der Waals surface area contributed by atoms with Gasteiger partial charge in [-0.1, -0.05) is 22.0 Å². The first kappa shape index (κ1) is 18.2. The summed E-state index contributed by atoms with van der Waals surface area (Å²) in [5.41, 5.74) is 3.69. The minimum Gasteiger partial charge on any atom is -0.352 e. The lowest BCUT2D eigenvalue weighted by molar-refractivity contribution is -0.118. The second-order valence-corrected chi connectivity index (χ2v) is 6.73. The highest BCUT2D eigenvalue weighted by molar-refractivity contribution is 9.10. The van der Waals surface area contributed by atoms with Crippen LogP contribution >= 0.6 is 15.9 Å². The smallest absolute Gasteiger partial charge is 0.251 e. The minimum atomic E-state index is -0.177. The maximum absolute atomic E-state index is 12.3. The maximum Gasteiger partial charge on any atom is 0.251 e. The van der Waals surface area contributed by atoms with Gasteiger partial charge in [0.25, 0.3) is 5.91 Å². The van der Waals surface area contributed by atoms with Gasteiger partial charge in [-0.2, -0.15) is 0 Å². The molecule has 0 aromatic heterocycles. The molecule has 0 spiro atoms. The molecule has 0 atom stereocenters. The van der Waals surface area contributed by atoms with E-state index in [9.17, 15) is 9.59 Å². The number of hydrogen-bond acceptors (Lipinski definition) is 2. The standard InChI is InChI=1S/C19H21BrN2O2/c1-13-10-14(2)12-17(11-13)22(3)18(23)8-9-21-19(24)15-4-6-16(20)7-5-15/h4-7,10-12H,8-9H2,1-3H3,(H,21,24). The highest BCUT2D eigenvalue weighted by Gasteiger charge is 2.12. The molecule has 0 heterocycles. The SMILES string of the molecule is Cc1cc(C)cc(N(C)C(=O)CCNC(=O)c2ccc(Br)cc2)c1. The number of benzene rings is 2. The van der Waals surface area contributed by atoms with Gasteiger partial charge in [0.2, 0.25) is 5.91 Å². The summed E-state index contributed by atoms with van der Waals surface area (Å²) >= 11 is 3.33. The largest absolute Gasteiger partial charge is 0.352 e. The maximum atomic E-state index is 12.3. The van der Waals surface area contributed by atoms with Crippen LogP contribution < -0.4 is 10.2 Å². The summed E-state index contributed by atoms with van der Waals surface area (Å²) < 4.78 is 0.921. The zero-order chi connectivity index (χ0) is 17.7. The molecule has 24 heavy (non-hydrogen) atoms. The van der Waals surface area contributed by atoms with E-state index in [2.05, 4.69) is 27.3 Å². The molecule has 2 amide bonds. The Morgan fingerprint density at radius 3 is 2.21 bits per heavy atom. The predicted octanol–water partition coefficient (Wildman–Crippen LogP) is 3.85. The number of hydrogen-bond donors (Lipinski definition) is 1. The fourth-order valence-electron chi connectivity index (χ4n) is 2.44. The van der Waals surface area contributed by atoms with Gasteiger partial charge < -0.3 is 10.2 Å². The summed E-state index contributed by atoms with van der Waals surface area (Å²) in [6.45, 7) is 4.32. The van der Waals surface area contributed by atoms with E-state index >= 15 is 0 Å². The highest BCUT2D eigenvalue weighted by atomic mass is 79.9. The lowest BCUT2D eigenvalue weighted by atomic mass is 10.1. The normalized spacial score (nSPS) is 10.3. The van der Waals surface area contributed by atoms with Gasteiger partial charge in [0, 0.05) is 35.7 Å². The molecule has 0 bridgehead atoms. The van der Waals surface area contributed by atoms with Crippen LogP contribution in [0, 0.1) is 13.8 Å². The first-order chi connectivity index (χ1) is 11.4. The summed E-state index contributed by atoms with van der Waals surface area (Å²) in [7, 11) is 1.76. The van der Waals surface area contributed by atoms with Gasteiger partial charge >= 0.3 is 0 Å². The third kappa shape index (κ3) is 4.93. The van der Waals surface area contributed by atoms with Crippen molar-refractivity contribution in [2.45, 2.75) is 20.3 Å². The number of halogens is 1. The molecule has 0 aliphatic heterocycles. The topological polar surface area (TPSA) is 49.4 Å². The molecule has 126 valence electrons. The summed E-state index contributed by atoms with van der Waals surface area (Å²) in [6.07, 6.45) is 0.256. The second-order valence-electron chi connectivity index (χ2n) is 5.81. The Morgan fingerprint density at radius 1 is 1.04 bits per heavy atom. The van der Waals surface area contributed by atoms with Crippen molar-refractivity contribution in [1.82, 2.24) is 5.32 Å². The van der Waals surface area contributed by atoms with Crippen LogP contribution in [0.1, 0.15) is 27.9 Å². The van der Waals surface area contributed by atoms with Crippen LogP contribution in [0.25, 0.3) is 0 Å². The molecule has 2 aromatic carbocycles. The Morgan fingerprint density at radius 2 is 1.62 bits per heavy atom. The van der Waals surface area contributed by atoms with E-state index in [-0.39, 0.29) is 18.2 Å². The number of carbonyl (C=O) groups is 2. The summed E-state index contributed by atoms with van der Waals surface area (Å²) in [4.78, 5) is 25.9. The van der Waals surface area contributed by atoms with Gasteiger partial charge in [0.05, 0.1) is 0 Å². The van der Waals surface area contributed by atoms with Crippen molar-refractivity contribution in [2.75, 3.05) is 18.5 Å². The Labute approximate surface area is 151 Å². The van der Waals surface area contributed by atoms with Crippen LogP contribution in [0.2, 0.25) is 0 Å². The zero-order valence-corrected chi connectivity index (χ0v) is 15.7. The van der Waals surface area contributed by atoms with Crippen LogP contribution in [0.5, 0.6) is 0 Å². The van der Waals surface area contributed by atoms with Gasteiger partial charge in [0.1, 0.15) is 0 Å². The van der Waals surface area contributed by atoms with E-state index < -0.39 is 0 Å². The van der Waals surface area contributed by atoms with Crippen LogP contribution in [0.3, 0.4) is 0 Å². The molecule has 0 unspecified atom stereocenters. The molecule has 0 saturated carbocycles. The van der Waals surface area contributed by atoms with Gasteiger partial charge in [-0.05, 0) is 61.4 Å². The Hall–Kier alpha value is -2.14. The van der Waals surface area contributed by atoms with Crippen LogP contribution in [-0.4, -0.2) is 25.4 Å². The lowest BCUT2D eigenvalue weighted by Crippen LogP contribution is -2.32. The highest BCUT2D eigenvalue weighted by Crippen LogP contribution is 2.18. The average molecular weight is 389 g/mol. The van der Waals surface area contributed by atoms with E-state index in [1.807, 2.05) is 38.1 Å². The van der Waals surface area contributed by atoms with Crippen LogP contribution in [-0.2, 0) is 4.79 Å². The number of nitrogens with zero attached hydrogens (tertiary/aromatic N) is 1. The minimum absolute atomic E-state index is 0.0314. The number of rotatable bonds is 5. The fourth-order valence-corrected chi connectivity index (χ4v) is 2.71. The monoisotopic (exact) mass is 388 g/mol. The van der Waals surface area contributed by atoms with E-state index in [1.165, 1.54) is 0 Å². The molecular weight excluding hydrogens is 368 g/mol. The van der Waals surface area contributed by atoms with E-state index in [0.29, 0.717) is 12.1 Å². The Balaban J connectivity index is 1.88. The first-order valence-corrected chi connectivity index (χ1v) is 8.55. The number of amides is 2. The molecule has 1 N–H and O–H groups in total. The second kappa shape index (κ2) is 8.11. The van der Waals surface area contributed by atoms with Crippen molar-refractivity contribution in [3.8, 4) is 0 Å². The number of nitrogens with one attached hydrogen (secondary N) is 1. The summed E-state index contributed by atoms with van der Waals surface area (Å²) in [5, 5.41) is 2.78. The molecular formula is C19H21BrN2O2. The number of carbonyl (C=O) groups excluding carboxylic acids is 2. The molecule has 2 aromatic rings. The van der Waals surface area contributed by atoms with E-state index in [1.54, 1.807) is 24.1 Å². The van der Waals surface area contributed by atoms with Crippen molar-refractivity contribution in [1.29, 1.82) is 0 Å². The van der Waals surface area contributed by atoms with Crippen molar-refractivity contribution >= 4 is 33.4 Å². The van der Waals surface area contributed by atoms with Crippen LogP contribution in [0.15, 0.2) is 46.9 Å². The van der Waals surface area contributed by atoms with Crippen molar-refractivity contribution in [3.05, 3.63) is 63.6 Å². The molecule has 4 nitrogen and oxygen atoms in total. The predicted molar refractivity (Wildman–Crippen MR) is 100 cm³/mol. The van der Waals surface area contributed by atoms with Gasteiger partial charge in [-0.3, -0.25) is 9.59 Å². The van der Waals surface area contributed by atoms with Crippen LogP contribution in [0.4, 0.5) is 5.69 Å². The summed E-state index contributed by atoms with van der Waals surface area (Å²) in [6, 6.07) is 13.1. The molecule has 0 aliphatic rings. The van der Waals surface area contributed by atoms with Gasteiger partial charge in [0.15, 0.2) is 0 Å². The first-order valence-electron chi connectivity index (χ1n) is 7.75. The van der Waals surface area contributed by atoms with Gasteiger partial charge in [-0.15, -0.1) is 0 Å². The van der Waals surface area contributed by atoms with Crippen molar-refractivity contribution in [3.63, 3.8) is 0 Å². The van der Waals surface area contributed by atoms with E-state index in [0.717, 1.165) is 21.3 Å². The molecule has 0 radical (unpaired) electrons. The van der Waals surface area contributed by atoms with Crippen molar-refractivity contribution in [2.24, 2.45) is 0 Å². The van der Waals surface area contributed by atoms with E-state index in [4.69, 9.17) is 0 Å². The zero-order valence-electron chi connectivity index (χ0n) is 14.1. The molecule has 0 saturated heterocycles. The molecule has 2 rings (SSSR count). The Kier molecular flexibility index (Phi) is 6.15. The Bertz CT molecular complexity index is 721. The van der Waals surface area contributed by atoms with Gasteiger partial charge in [-0.25, -0.2) is 0 Å².